The molecule has 1 fully saturated rings. The molecule has 1 aliphatic carbocycles. The standard InChI is InChI=1S/C16H16O3/c17-16(18)14-8-12-6-1-2-7-13(12)9-15(14)19-10-11-4-3-5-11/h1-2,6-9,11H,3-5,10H2,(H,17,18). The summed E-state index contributed by atoms with van der Waals surface area (Å²) in [6.07, 6.45) is 3.64. The van der Waals surface area contributed by atoms with Gasteiger partial charge in [-0.15, -0.1) is 0 Å². The first-order valence-corrected chi connectivity index (χ1v) is 6.63. The van der Waals surface area contributed by atoms with Crippen molar-refractivity contribution in [1.82, 2.24) is 0 Å². The molecule has 1 aliphatic rings. The minimum Gasteiger partial charge on any atom is -0.492 e. The van der Waals surface area contributed by atoms with Gasteiger partial charge in [0.15, 0.2) is 0 Å². The molecule has 3 nitrogen and oxygen atoms in total. The molecule has 2 aromatic rings. The number of carbonyl (C=O) groups is 1. The Hall–Kier alpha value is -2.03. The van der Waals surface area contributed by atoms with Gasteiger partial charge in [0.2, 0.25) is 0 Å². The third-order valence-corrected chi connectivity index (χ3v) is 3.78. The lowest BCUT2D eigenvalue weighted by Gasteiger charge is -2.25. The second kappa shape index (κ2) is 4.92. The maximum absolute atomic E-state index is 11.3. The first kappa shape index (κ1) is 12.0. The van der Waals surface area contributed by atoms with Crippen LogP contribution >= 0.6 is 0 Å². The topological polar surface area (TPSA) is 46.5 Å². The number of rotatable bonds is 4. The van der Waals surface area contributed by atoms with Crippen LogP contribution in [-0.2, 0) is 0 Å². The molecule has 0 aliphatic heterocycles. The molecule has 0 unspecified atom stereocenters. The van der Waals surface area contributed by atoms with Gasteiger partial charge < -0.3 is 9.84 Å². The average Bonchev–Trinajstić information content (AvgIpc) is 2.36. The number of fused-ring (bicyclic) bond motifs is 1. The highest BCUT2D eigenvalue weighted by molar-refractivity contribution is 5.97. The van der Waals surface area contributed by atoms with E-state index in [1.807, 2.05) is 30.3 Å². The van der Waals surface area contributed by atoms with Gasteiger partial charge in [-0.25, -0.2) is 4.79 Å². The first-order chi connectivity index (χ1) is 9.24. The van der Waals surface area contributed by atoms with E-state index in [0.717, 1.165) is 10.8 Å². The molecule has 0 amide bonds. The lowest BCUT2D eigenvalue weighted by molar-refractivity contribution is 0.0690. The van der Waals surface area contributed by atoms with Crippen molar-refractivity contribution >= 4 is 16.7 Å². The van der Waals surface area contributed by atoms with Crippen LogP contribution in [0.4, 0.5) is 0 Å². The molecule has 0 bridgehead atoms. The molecule has 0 aromatic heterocycles. The van der Waals surface area contributed by atoms with Crippen LogP contribution in [0.2, 0.25) is 0 Å². The van der Waals surface area contributed by atoms with E-state index in [2.05, 4.69) is 0 Å². The van der Waals surface area contributed by atoms with E-state index >= 15 is 0 Å². The highest BCUT2D eigenvalue weighted by atomic mass is 16.5. The van der Waals surface area contributed by atoms with E-state index in [-0.39, 0.29) is 5.56 Å². The van der Waals surface area contributed by atoms with Crippen LogP contribution in [0, 0.1) is 5.92 Å². The van der Waals surface area contributed by atoms with Crippen molar-refractivity contribution in [2.24, 2.45) is 5.92 Å². The van der Waals surface area contributed by atoms with Crippen molar-refractivity contribution in [2.45, 2.75) is 19.3 Å². The van der Waals surface area contributed by atoms with Gasteiger partial charge in [0.1, 0.15) is 11.3 Å². The number of aromatic carboxylic acids is 1. The quantitative estimate of drug-likeness (QED) is 0.906. The number of carboxylic acids is 1. The van der Waals surface area contributed by atoms with Gasteiger partial charge in [0.05, 0.1) is 6.61 Å². The van der Waals surface area contributed by atoms with Crippen molar-refractivity contribution in [3.63, 3.8) is 0 Å². The summed E-state index contributed by atoms with van der Waals surface area (Å²) in [4.78, 5) is 11.3. The van der Waals surface area contributed by atoms with Crippen LogP contribution in [0.25, 0.3) is 10.8 Å². The highest BCUT2D eigenvalue weighted by Crippen LogP contribution is 2.30. The summed E-state index contributed by atoms with van der Waals surface area (Å²) in [6.45, 7) is 0.624. The molecule has 0 spiro atoms. The van der Waals surface area contributed by atoms with Crippen molar-refractivity contribution in [3.05, 3.63) is 42.0 Å². The molecule has 1 saturated carbocycles. The molecule has 0 radical (unpaired) electrons. The Morgan fingerprint density at radius 2 is 1.89 bits per heavy atom. The monoisotopic (exact) mass is 256 g/mol. The molecule has 1 N–H and O–H groups in total. The first-order valence-electron chi connectivity index (χ1n) is 6.63. The van der Waals surface area contributed by atoms with Crippen molar-refractivity contribution in [3.8, 4) is 5.75 Å². The molecule has 0 heterocycles. The molecule has 0 saturated heterocycles. The normalized spacial score (nSPS) is 15.2. The largest absolute Gasteiger partial charge is 0.492 e. The van der Waals surface area contributed by atoms with Gasteiger partial charge in [-0.3, -0.25) is 0 Å². The Kier molecular flexibility index (Phi) is 3.11. The predicted octanol–water partition coefficient (Wildman–Crippen LogP) is 3.72. The maximum atomic E-state index is 11.3. The van der Waals surface area contributed by atoms with Crippen molar-refractivity contribution in [1.29, 1.82) is 0 Å². The molecule has 3 heteroatoms. The zero-order valence-corrected chi connectivity index (χ0v) is 10.6. The lowest BCUT2D eigenvalue weighted by Crippen LogP contribution is -2.20. The molecule has 19 heavy (non-hydrogen) atoms. The molecule has 0 atom stereocenters. The van der Waals surface area contributed by atoms with E-state index < -0.39 is 5.97 Å². The minimum absolute atomic E-state index is 0.248. The van der Waals surface area contributed by atoms with Crippen LogP contribution in [0.5, 0.6) is 5.75 Å². The Balaban J connectivity index is 1.94. The molecular weight excluding hydrogens is 240 g/mol. The zero-order valence-electron chi connectivity index (χ0n) is 10.6. The number of hydrogen-bond acceptors (Lipinski definition) is 2. The van der Waals surface area contributed by atoms with Crippen LogP contribution in [-0.4, -0.2) is 17.7 Å². The summed E-state index contributed by atoms with van der Waals surface area (Å²) in [6, 6.07) is 11.3. The Morgan fingerprint density at radius 3 is 2.47 bits per heavy atom. The molecule has 98 valence electrons. The highest BCUT2D eigenvalue weighted by Gasteiger charge is 2.20. The van der Waals surface area contributed by atoms with Crippen LogP contribution in [0.3, 0.4) is 0 Å². The Bertz CT molecular complexity index is 614. The summed E-state index contributed by atoms with van der Waals surface area (Å²) in [5, 5.41) is 11.2. The zero-order chi connectivity index (χ0) is 13.2. The fraction of sp³-hybridized carbons (Fsp3) is 0.312. The average molecular weight is 256 g/mol. The number of hydrogen-bond donors (Lipinski definition) is 1. The number of carboxylic acid groups (broad SMARTS) is 1. The van der Waals surface area contributed by atoms with Gasteiger partial charge in [-0.1, -0.05) is 30.7 Å². The summed E-state index contributed by atoms with van der Waals surface area (Å²) in [5.41, 5.74) is 0.248. The van der Waals surface area contributed by atoms with E-state index in [0.29, 0.717) is 18.3 Å². The van der Waals surface area contributed by atoms with Gasteiger partial charge in [0.25, 0.3) is 0 Å². The Morgan fingerprint density at radius 1 is 1.21 bits per heavy atom. The van der Waals surface area contributed by atoms with E-state index in [1.165, 1.54) is 19.3 Å². The second-order valence-electron chi connectivity index (χ2n) is 5.11. The molecule has 2 aromatic carbocycles. The number of benzene rings is 2. The number of ether oxygens (including phenoxy) is 1. The van der Waals surface area contributed by atoms with E-state index in [9.17, 15) is 9.90 Å². The third-order valence-electron chi connectivity index (χ3n) is 3.78. The van der Waals surface area contributed by atoms with Crippen LogP contribution in [0.1, 0.15) is 29.6 Å². The van der Waals surface area contributed by atoms with Crippen molar-refractivity contribution < 1.29 is 14.6 Å². The Labute approximate surface area is 111 Å². The fourth-order valence-corrected chi connectivity index (χ4v) is 2.37. The minimum atomic E-state index is -0.936. The van der Waals surface area contributed by atoms with E-state index in [1.54, 1.807) is 6.07 Å². The van der Waals surface area contributed by atoms with Gasteiger partial charge in [-0.2, -0.15) is 0 Å². The maximum Gasteiger partial charge on any atom is 0.339 e. The summed E-state index contributed by atoms with van der Waals surface area (Å²) in [7, 11) is 0. The summed E-state index contributed by atoms with van der Waals surface area (Å²) in [5.74, 6) is 0.139. The van der Waals surface area contributed by atoms with Crippen LogP contribution < -0.4 is 4.74 Å². The summed E-state index contributed by atoms with van der Waals surface area (Å²) >= 11 is 0. The third kappa shape index (κ3) is 2.41. The predicted molar refractivity (Wildman–Crippen MR) is 73.7 cm³/mol. The lowest BCUT2D eigenvalue weighted by atomic mass is 9.86. The molecule has 3 rings (SSSR count). The SMILES string of the molecule is O=C(O)c1cc2ccccc2cc1OCC1CCC1. The smallest absolute Gasteiger partial charge is 0.339 e. The molecular formula is C16H16O3. The van der Waals surface area contributed by atoms with Gasteiger partial charge >= 0.3 is 5.97 Å². The van der Waals surface area contributed by atoms with Gasteiger partial charge in [0, 0.05) is 0 Å². The van der Waals surface area contributed by atoms with Gasteiger partial charge in [-0.05, 0) is 41.7 Å². The van der Waals surface area contributed by atoms with Crippen LogP contribution in [0.15, 0.2) is 36.4 Å². The van der Waals surface area contributed by atoms with E-state index in [4.69, 9.17) is 4.74 Å². The summed E-state index contributed by atoms with van der Waals surface area (Å²) < 4.78 is 5.73. The fourth-order valence-electron chi connectivity index (χ4n) is 2.37. The second-order valence-corrected chi connectivity index (χ2v) is 5.11. The van der Waals surface area contributed by atoms with Crippen molar-refractivity contribution in [2.75, 3.05) is 6.61 Å².